The molecule has 9 nitrogen and oxygen atoms in total. The Balaban J connectivity index is 1.70. The summed E-state index contributed by atoms with van der Waals surface area (Å²) in [6, 6.07) is 7.09. The van der Waals surface area contributed by atoms with Crippen molar-refractivity contribution < 1.29 is 22.7 Å². The van der Waals surface area contributed by atoms with Gasteiger partial charge in [-0.1, -0.05) is 0 Å². The number of carbonyl (C=O) groups is 1. The zero-order chi connectivity index (χ0) is 31.1. The highest BCUT2D eigenvalue weighted by molar-refractivity contribution is 5.84. The molecule has 0 atom stereocenters. The van der Waals surface area contributed by atoms with E-state index in [0.29, 0.717) is 54.1 Å². The highest BCUT2D eigenvalue weighted by Crippen LogP contribution is 2.39. The molecule has 2 aromatic heterocycles. The zero-order valence-corrected chi connectivity index (χ0v) is 25.0. The van der Waals surface area contributed by atoms with Crippen LogP contribution in [0.3, 0.4) is 0 Å². The molecule has 0 unspecified atom stereocenters. The van der Waals surface area contributed by atoms with Crippen LogP contribution in [0.5, 0.6) is 5.75 Å². The molecule has 12 heteroatoms. The van der Waals surface area contributed by atoms with Gasteiger partial charge >= 0.3 is 6.18 Å². The maximum Gasteiger partial charge on any atom is 0.435 e. The summed E-state index contributed by atoms with van der Waals surface area (Å²) in [5, 5.41) is 11.5. The monoisotopic (exact) mass is 597 g/mol. The Hall–Kier alpha value is -4.19. The van der Waals surface area contributed by atoms with E-state index in [9.17, 15) is 18.0 Å². The van der Waals surface area contributed by atoms with Crippen molar-refractivity contribution in [3.8, 4) is 16.9 Å². The maximum atomic E-state index is 14.2. The van der Waals surface area contributed by atoms with Crippen molar-refractivity contribution in [1.82, 2.24) is 29.5 Å². The van der Waals surface area contributed by atoms with Gasteiger partial charge in [0.1, 0.15) is 12.0 Å². The quantitative estimate of drug-likeness (QED) is 0.159. The molecule has 1 aliphatic heterocycles. The molecule has 1 fully saturated rings. The van der Waals surface area contributed by atoms with Crippen LogP contribution in [0.4, 0.5) is 13.2 Å². The summed E-state index contributed by atoms with van der Waals surface area (Å²) in [5.74, 6) is 0.686. The van der Waals surface area contributed by atoms with Gasteiger partial charge in [-0.05, 0) is 68.1 Å². The lowest BCUT2D eigenvalue weighted by Crippen LogP contribution is -2.22. The molecule has 0 aliphatic carbocycles. The van der Waals surface area contributed by atoms with Crippen molar-refractivity contribution >= 4 is 12.6 Å². The molecule has 0 bridgehead atoms. The number of nitrogens with zero attached hydrogens (tertiary/aromatic N) is 6. The first-order chi connectivity index (χ1) is 20.6. The third kappa shape index (κ3) is 7.81. The number of hydrogen-bond acceptors (Lipinski definition) is 7. The molecule has 3 aromatic rings. The van der Waals surface area contributed by atoms with Crippen LogP contribution < -0.4 is 4.74 Å². The normalized spacial score (nSPS) is 14.5. The Bertz CT molecular complexity index is 1470. The number of likely N-dealkylation sites (N-methyl/N-ethyl adjacent to an activating group) is 1. The maximum absolute atomic E-state index is 14.2. The topological polar surface area (TPSA) is 90.6 Å². The van der Waals surface area contributed by atoms with Crippen molar-refractivity contribution in [2.45, 2.75) is 52.0 Å². The second kappa shape index (κ2) is 13.9. The molecule has 230 valence electrons. The summed E-state index contributed by atoms with van der Waals surface area (Å²) in [7, 11) is 5.35. The number of hydrogen-bond donors (Lipinski definition) is 1. The van der Waals surface area contributed by atoms with E-state index in [0.717, 1.165) is 37.1 Å². The highest BCUT2D eigenvalue weighted by Gasteiger charge is 2.38. The predicted octanol–water partition coefficient (Wildman–Crippen LogP) is 5.46. The molecular formula is C31H38F3N7O2. The van der Waals surface area contributed by atoms with Crippen LogP contribution in [0.15, 0.2) is 48.6 Å². The highest BCUT2D eigenvalue weighted by atomic mass is 19.4. The molecule has 3 heterocycles. The van der Waals surface area contributed by atoms with Gasteiger partial charge in [0.2, 0.25) is 0 Å². The standard InChI is InChI=1S/C31H38F3N7O2/c1-5-41-19-29(30(37-41)31(32,33)34)28-14-22(16-39(3)18-25-7-6-11-40(25)21-35)13-23(20-42)27(28)9-12-38(2)17-24-15-26(43-4)8-10-36-24/h8,10,13-15,18-21,35H,5-7,9,11-12,16-17H2,1-4H3/b25-18-,35-21?. The van der Waals surface area contributed by atoms with E-state index >= 15 is 0 Å². The van der Waals surface area contributed by atoms with E-state index in [4.69, 9.17) is 10.1 Å². The number of aryl methyl sites for hydroxylation is 1. The summed E-state index contributed by atoms with van der Waals surface area (Å²) < 4.78 is 49.2. The fourth-order valence-electron chi connectivity index (χ4n) is 5.38. The van der Waals surface area contributed by atoms with Gasteiger partial charge in [0, 0.05) is 81.3 Å². The molecule has 1 saturated heterocycles. The number of carbonyl (C=O) groups excluding carboxylic acids is 1. The smallest absolute Gasteiger partial charge is 0.435 e. The fourth-order valence-corrected chi connectivity index (χ4v) is 5.38. The second-order valence-electron chi connectivity index (χ2n) is 10.7. The van der Waals surface area contributed by atoms with Crippen LogP contribution in [-0.4, -0.2) is 76.4 Å². The van der Waals surface area contributed by atoms with Crippen molar-refractivity contribution in [2.75, 3.05) is 34.3 Å². The second-order valence-corrected chi connectivity index (χ2v) is 10.7. The molecule has 1 aliphatic rings. The predicted molar refractivity (Wildman–Crippen MR) is 159 cm³/mol. The van der Waals surface area contributed by atoms with Gasteiger partial charge < -0.3 is 19.4 Å². The van der Waals surface area contributed by atoms with E-state index in [1.807, 2.05) is 41.1 Å². The average Bonchev–Trinajstić information content (AvgIpc) is 3.63. The number of nitrogens with one attached hydrogen (secondary N) is 1. The minimum absolute atomic E-state index is 0.0433. The summed E-state index contributed by atoms with van der Waals surface area (Å²) in [4.78, 5) is 22.6. The summed E-state index contributed by atoms with van der Waals surface area (Å²) in [5.41, 5.74) is 2.71. The van der Waals surface area contributed by atoms with Crippen molar-refractivity contribution in [1.29, 1.82) is 5.41 Å². The van der Waals surface area contributed by atoms with Crippen LogP contribution in [0.1, 0.15) is 52.6 Å². The average molecular weight is 598 g/mol. The SMILES string of the molecule is CCn1cc(-c2cc(CN(C)/C=C3/CCCN3C=N)cc(C=O)c2CCN(C)Cc2cc(OC)ccn2)c(C(F)(F)F)n1. The Labute approximate surface area is 250 Å². The third-order valence-electron chi connectivity index (χ3n) is 7.47. The number of allylic oxidation sites excluding steroid dienone is 1. The van der Waals surface area contributed by atoms with E-state index < -0.39 is 11.9 Å². The van der Waals surface area contributed by atoms with Crippen molar-refractivity contribution in [2.24, 2.45) is 0 Å². The largest absolute Gasteiger partial charge is 0.497 e. The first kappa shape index (κ1) is 31.7. The first-order valence-corrected chi connectivity index (χ1v) is 14.2. The van der Waals surface area contributed by atoms with Gasteiger partial charge in [0.15, 0.2) is 5.69 Å². The number of ether oxygens (including phenoxy) is 1. The van der Waals surface area contributed by atoms with Gasteiger partial charge in [0.05, 0.1) is 19.1 Å². The van der Waals surface area contributed by atoms with E-state index in [2.05, 4.69) is 10.1 Å². The summed E-state index contributed by atoms with van der Waals surface area (Å²) >= 11 is 0. The number of pyridine rings is 1. The van der Waals surface area contributed by atoms with Gasteiger partial charge in [-0.25, -0.2) is 0 Å². The lowest BCUT2D eigenvalue weighted by atomic mass is 9.91. The van der Waals surface area contributed by atoms with Crippen LogP contribution in [0.25, 0.3) is 11.1 Å². The van der Waals surface area contributed by atoms with Crippen LogP contribution >= 0.6 is 0 Å². The van der Waals surface area contributed by atoms with Crippen LogP contribution in [-0.2, 0) is 32.2 Å². The van der Waals surface area contributed by atoms with Gasteiger partial charge in [-0.2, -0.15) is 18.3 Å². The van der Waals surface area contributed by atoms with Gasteiger partial charge in [-0.15, -0.1) is 0 Å². The van der Waals surface area contributed by atoms with E-state index in [1.54, 1.807) is 38.4 Å². The van der Waals surface area contributed by atoms with Gasteiger partial charge in [0.25, 0.3) is 0 Å². The first-order valence-electron chi connectivity index (χ1n) is 14.2. The lowest BCUT2D eigenvalue weighted by molar-refractivity contribution is -0.141. The number of rotatable bonds is 13. The van der Waals surface area contributed by atoms with Crippen LogP contribution in [0, 0.1) is 5.41 Å². The molecule has 0 radical (unpaired) electrons. The molecule has 0 amide bonds. The minimum Gasteiger partial charge on any atom is -0.497 e. The molecule has 0 saturated carbocycles. The number of aromatic nitrogens is 3. The lowest BCUT2D eigenvalue weighted by Gasteiger charge is -2.22. The molecule has 0 spiro atoms. The molecular weight excluding hydrogens is 559 g/mol. The molecule has 4 rings (SSSR count). The minimum atomic E-state index is -4.67. The Kier molecular flexibility index (Phi) is 10.2. The van der Waals surface area contributed by atoms with Crippen molar-refractivity contribution in [3.05, 3.63) is 76.6 Å². The molecule has 1 aromatic carbocycles. The number of aldehydes is 1. The number of halogens is 3. The summed E-state index contributed by atoms with van der Waals surface area (Å²) in [6.07, 6.45) is 4.51. The number of alkyl halides is 3. The third-order valence-corrected chi connectivity index (χ3v) is 7.47. The molecule has 1 N–H and O–H groups in total. The summed E-state index contributed by atoms with van der Waals surface area (Å²) in [6.45, 7) is 4.12. The van der Waals surface area contributed by atoms with Crippen LogP contribution in [0.2, 0.25) is 0 Å². The van der Waals surface area contributed by atoms with E-state index in [-0.39, 0.29) is 12.1 Å². The number of benzene rings is 1. The Morgan fingerprint density at radius 2 is 1.95 bits per heavy atom. The Morgan fingerprint density at radius 3 is 2.63 bits per heavy atom. The number of likely N-dealkylation sites (tertiary alicyclic amines) is 1. The fraction of sp³-hybridized carbons (Fsp3) is 0.419. The Morgan fingerprint density at radius 1 is 1.16 bits per heavy atom. The van der Waals surface area contributed by atoms with Gasteiger partial charge in [-0.3, -0.25) is 19.9 Å². The zero-order valence-electron chi connectivity index (χ0n) is 25.0. The molecule has 43 heavy (non-hydrogen) atoms. The van der Waals surface area contributed by atoms with E-state index in [1.165, 1.54) is 17.2 Å². The number of methoxy groups -OCH3 is 1. The van der Waals surface area contributed by atoms with Crippen molar-refractivity contribution in [3.63, 3.8) is 0 Å².